The Morgan fingerprint density at radius 2 is 1.95 bits per heavy atom. The van der Waals surface area contributed by atoms with Gasteiger partial charge in [0.15, 0.2) is 0 Å². The van der Waals surface area contributed by atoms with Crippen LogP contribution in [0.25, 0.3) is 0 Å². The van der Waals surface area contributed by atoms with Crippen LogP contribution in [-0.4, -0.2) is 27.2 Å². The summed E-state index contributed by atoms with van der Waals surface area (Å²) in [5.74, 6) is 0.968. The molecule has 0 spiro atoms. The van der Waals surface area contributed by atoms with E-state index in [9.17, 15) is 5.11 Å². The quantitative estimate of drug-likeness (QED) is 0.778. The fraction of sp³-hybridized carbons (Fsp3) is 0.714. The number of aryl methyl sites for hydroxylation is 1. The highest BCUT2D eigenvalue weighted by atomic mass is 16.3. The maximum Gasteiger partial charge on any atom is 0.221 e. The molecule has 0 amide bonds. The van der Waals surface area contributed by atoms with Crippen molar-refractivity contribution in [3.05, 3.63) is 11.8 Å². The Labute approximate surface area is 114 Å². The molecule has 106 valence electrons. The number of anilines is 2. The zero-order chi connectivity index (χ0) is 14.1. The Bertz CT molecular complexity index is 449. The normalized spacial score (nSPS) is 21.1. The first-order valence-corrected chi connectivity index (χ1v) is 6.85. The molecule has 0 atom stereocenters. The van der Waals surface area contributed by atoms with Gasteiger partial charge in [0.1, 0.15) is 5.82 Å². The van der Waals surface area contributed by atoms with Gasteiger partial charge in [-0.25, -0.2) is 4.98 Å². The molecule has 0 saturated heterocycles. The number of nitrogens with two attached hydrogens (primary N) is 1. The predicted molar refractivity (Wildman–Crippen MR) is 76.9 cm³/mol. The smallest absolute Gasteiger partial charge is 0.221 e. The second-order valence-electron chi connectivity index (χ2n) is 6.50. The first kappa shape index (κ1) is 14.1. The van der Waals surface area contributed by atoms with Gasteiger partial charge in [-0.1, -0.05) is 13.8 Å². The lowest BCUT2D eigenvalue weighted by molar-refractivity contribution is -0.0145. The third kappa shape index (κ3) is 3.56. The standard InChI is InChI=1S/C14H24N4O/c1-10-8-16-12(15)18-11(10)17-9-14(19)6-4-13(2,3)5-7-14/h8,19H,4-7,9H2,1-3H3,(H3,15,16,17,18). The minimum Gasteiger partial charge on any atom is -0.388 e. The van der Waals surface area contributed by atoms with Crippen molar-refractivity contribution in [2.75, 3.05) is 17.6 Å². The summed E-state index contributed by atoms with van der Waals surface area (Å²) in [6.45, 7) is 6.96. The van der Waals surface area contributed by atoms with Crippen molar-refractivity contribution in [2.24, 2.45) is 5.41 Å². The Kier molecular flexibility index (Phi) is 3.67. The van der Waals surface area contributed by atoms with Crippen LogP contribution in [0.5, 0.6) is 0 Å². The summed E-state index contributed by atoms with van der Waals surface area (Å²) in [5.41, 5.74) is 6.23. The van der Waals surface area contributed by atoms with Crippen LogP contribution < -0.4 is 11.1 Å². The van der Waals surface area contributed by atoms with E-state index in [4.69, 9.17) is 5.73 Å². The van der Waals surface area contributed by atoms with Crippen molar-refractivity contribution >= 4 is 11.8 Å². The van der Waals surface area contributed by atoms with Crippen molar-refractivity contribution in [3.63, 3.8) is 0 Å². The van der Waals surface area contributed by atoms with E-state index in [0.717, 1.165) is 31.2 Å². The molecule has 1 aliphatic carbocycles. The zero-order valence-corrected chi connectivity index (χ0v) is 12.0. The van der Waals surface area contributed by atoms with E-state index in [-0.39, 0.29) is 5.95 Å². The molecule has 1 aromatic rings. The van der Waals surface area contributed by atoms with E-state index in [1.807, 2.05) is 6.92 Å². The number of hydrogen-bond donors (Lipinski definition) is 3. The molecule has 1 saturated carbocycles. The molecule has 1 fully saturated rings. The van der Waals surface area contributed by atoms with Gasteiger partial charge in [0.2, 0.25) is 5.95 Å². The molecule has 0 aromatic carbocycles. The molecule has 0 aliphatic heterocycles. The van der Waals surface area contributed by atoms with Crippen LogP contribution in [0.15, 0.2) is 6.20 Å². The van der Waals surface area contributed by atoms with Gasteiger partial charge in [-0.15, -0.1) is 0 Å². The number of aliphatic hydroxyl groups is 1. The fourth-order valence-corrected chi connectivity index (χ4v) is 2.45. The fourth-order valence-electron chi connectivity index (χ4n) is 2.45. The highest BCUT2D eigenvalue weighted by Gasteiger charge is 2.36. The van der Waals surface area contributed by atoms with Crippen molar-refractivity contribution < 1.29 is 5.11 Å². The van der Waals surface area contributed by atoms with Crippen LogP contribution in [0.2, 0.25) is 0 Å². The van der Waals surface area contributed by atoms with Gasteiger partial charge in [-0.2, -0.15) is 4.98 Å². The molecule has 1 heterocycles. The molecule has 2 rings (SSSR count). The summed E-state index contributed by atoms with van der Waals surface area (Å²) < 4.78 is 0. The molecule has 5 heteroatoms. The number of aromatic nitrogens is 2. The first-order chi connectivity index (χ1) is 8.80. The van der Waals surface area contributed by atoms with E-state index in [1.165, 1.54) is 0 Å². The van der Waals surface area contributed by atoms with Gasteiger partial charge in [-0.05, 0) is 38.0 Å². The van der Waals surface area contributed by atoms with Gasteiger partial charge in [0.05, 0.1) is 5.60 Å². The second-order valence-corrected chi connectivity index (χ2v) is 6.50. The summed E-state index contributed by atoms with van der Waals surface area (Å²) >= 11 is 0. The third-order valence-corrected chi connectivity index (χ3v) is 4.11. The highest BCUT2D eigenvalue weighted by molar-refractivity contribution is 5.45. The Morgan fingerprint density at radius 3 is 2.58 bits per heavy atom. The van der Waals surface area contributed by atoms with E-state index < -0.39 is 5.60 Å². The molecular weight excluding hydrogens is 240 g/mol. The molecule has 5 nitrogen and oxygen atoms in total. The van der Waals surface area contributed by atoms with Gasteiger partial charge in [0.25, 0.3) is 0 Å². The minimum absolute atomic E-state index is 0.255. The van der Waals surface area contributed by atoms with Crippen LogP contribution in [0.3, 0.4) is 0 Å². The Morgan fingerprint density at radius 1 is 1.32 bits per heavy atom. The number of nitrogens with zero attached hydrogens (tertiary/aromatic N) is 2. The third-order valence-electron chi connectivity index (χ3n) is 4.11. The van der Waals surface area contributed by atoms with Gasteiger partial charge >= 0.3 is 0 Å². The van der Waals surface area contributed by atoms with Crippen molar-refractivity contribution in [1.29, 1.82) is 0 Å². The average Bonchev–Trinajstić information content (AvgIpc) is 2.35. The monoisotopic (exact) mass is 264 g/mol. The van der Waals surface area contributed by atoms with Crippen molar-refractivity contribution in [1.82, 2.24) is 9.97 Å². The van der Waals surface area contributed by atoms with Crippen LogP contribution in [0.1, 0.15) is 45.1 Å². The Balaban J connectivity index is 1.97. The van der Waals surface area contributed by atoms with Crippen molar-refractivity contribution in [3.8, 4) is 0 Å². The lowest BCUT2D eigenvalue weighted by atomic mass is 9.71. The predicted octanol–water partition coefficient (Wildman–Crippen LogP) is 2.11. The van der Waals surface area contributed by atoms with E-state index >= 15 is 0 Å². The topological polar surface area (TPSA) is 84.1 Å². The highest BCUT2D eigenvalue weighted by Crippen LogP contribution is 2.40. The van der Waals surface area contributed by atoms with Crippen LogP contribution >= 0.6 is 0 Å². The molecule has 0 unspecified atom stereocenters. The van der Waals surface area contributed by atoms with Crippen LogP contribution in [0, 0.1) is 12.3 Å². The lowest BCUT2D eigenvalue weighted by Crippen LogP contribution is -2.42. The molecular formula is C14H24N4O. The number of rotatable bonds is 3. The van der Waals surface area contributed by atoms with E-state index in [2.05, 4.69) is 29.1 Å². The average molecular weight is 264 g/mol. The molecule has 0 bridgehead atoms. The minimum atomic E-state index is -0.637. The second kappa shape index (κ2) is 4.96. The lowest BCUT2D eigenvalue weighted by Gasteiger charge is -2.40. The van der Waals surface area contributed by atoms with E-state index in [1.54, 1.807) is 6.20 Å². The van der Waals surface area contributed by atoms with Crippen molar-refractivity contribution in [2.45, 2.75) is 52.1 Å². The van der Waals surface area contributed by atoms with Crippen LogP contribution in [-0.2, 0) is 0 Å². The Hall–Kier alpha value is -1.36. The van der Waals surface area contributed by atoms with Gasteiger partial charge < -0.3 is 16.2 Å². The maximum atomic E-state index is 10.6. The summed E-state index contributed by atoms with van der Waals surface area (Å²) in [4.78, 5) is 8.10. The molecule has 1 aromatic heterocycles. The molecule has 0 radical (unpaired) electrons. The zero-order valence-electron chi connectivity index (χ0n) is 12.0. The van der Waals surface area contributed by atoms with Gasteiger partial charge in [-0.3, -0.25) is 0 Å². The molecule has 1 aliphatic rings. The van der Waals surface area contributed by atoms with Crippen LogP contribution in [0.4, 0.5) is 11.8 Å². The molecule has 19 heavy (non-hydrogen) atoms. The largest absolute Gasteiger partial charge is 0.388 e. The summed E-state index contributed by atoms with van der Waals surface area (Å²) in [7, 11) is 0. The molecule has 4 N–H and O–H groups in total. The number of hydrogen-bond acceptors (Lipinski definition) is 5. The maximum absolute atomic E-state index is 10.6. The first-order valence-electron chi connectivity index (χ1n) is 6.85. The van der Waals surface area contributed by atoms with E-state index in [0.29, 0.717) is 17.8 Å². The summed E-state index contributed by atoms with van der Waals surface area (Å²) in [5, 5.41) is 13.8. The van der Waals surface area contributed by atoms with Gasteiger partial charge in [0, 0.05) is 18.3 Å². The summed E-state index contributed by atoms with van der Waals surface area (Å²) in [6.07, 6.45) is 5.45. The number of nitrogen functional groups attached to an aromatic ring is 1. The number of nitrogens with one attached hydrogen (secondary N) is 1. The summed E-state index contributed by atoms with van der Waals surface area (Å²) in [6, 6.07) is 0. The SMILES string of the molecule is Cc1cnc(N)nc1NCC1(O)CCC(C)(C)CC1.